The van der Waals surface area contributed by atoms with Gasteiger partial charge in [0.25, 0.3) is 0 Å². The van der Waals surface area contributed by atoms with Crippen LogP contribution in [0.5, 0.6) is 0 Å². The molecule has 3 heterocycles. The van der Waals surface area contributed by atoms with Gasteiger partial charge in [0.1, 0.15) is 0 Å². The lowest BCUT2D eigenvalue weighted by Crippen LogP contribution is -2.29. The molecule has 142 valence electrons. The number of imidazole rings is 1. The van der Waals surface area contributed by atoms with Crippen molar-refractivity contribution in [3.63, 3.8) is 0 Å². The van der Waals surface area contributed by atoms with Crippen LogP contribution in [0.2, 0.25) is 0 Å². The molecule has 0 aliphatic carbocycles. The highest BCUT2D eigenvalue weighted by Gasteiger charge is 2.33. The minimum absolute atomic E-state index is 0.0931. The molecule has 5 aromatic rings. The number of Topliss-reactive ketones (excluding diaryl/α,β-unsaturated/α-hetero) is 1. The fourth-order valence-electron chi connectivity index (χ4n) is 3.63. The Morgan fingerprint density at radius 3 is 2.31 bits per heavy atom. The molecule has 6 nitrogen and oxygen atoms in total. The largest absolute Gasteiger partial charge is 0.300 e. The first-order valence-electron chi connectivity index (χ1n) is 9.42. The number of pyridine rings is 1. The van der Waals surface area contributed by atoms with E-state index in [1.165, 1.54) is 0 Å². The number of ketones is 1. The second-order valence-corrected chi connectivity index (χ2v) is 7.61. The maximum absolute atomic E-state index is 13.2. The lowest BCUT2D eigenvalue weighted by molar-refractivity contribution is 0.0899. The molecular formula is C23H19N5O. The molecule has 0 amide bonds. The highest BCUT2D eigenvalue weighted by atomic mass is 16.1. The Bertz CT molecular complexity index is 1330. The number of aromatic nitrogens is 5. The van der Waals surface area contributed by atoms with Gasteiger partial charge in [0.2, 0.25) is 5.78 Å². The summed E-state index contributed by atoms with van der Waals surface area (Å²) >= 11 is 0. The van der Waals surface area contributed by atoms with Crippen LogP contribution in [-0.4, -0.2) is 30.9 Å². The normalized spacial score (nSPS) is 11.9. The fourth-order valence-corrected chi connectivity index (χ4v) is 3.63. The molecule has 5 rings (SSSR count). The minimum Gasteiger partial charge on any atom is -0.300 e. The molecule has 6 heteroatoms. The molecule has 0 saturated carbocycles. The Balaban J connectivity index is 1.60. The summed E-state index contributed by atoms with van der Waals surface area (Å²) in [5.41, 5.74) is 4.51. The van der Waals surface area contributed by atoms with Crippen LogP contribution in [0.3, 0.4) is 0 Å². The fraction of sp³-hybridized carbons (Fsp3) is 0.130. The van der Waals surface area contributed by atoms with Crippen LogP contribution >= 0.6 is 0 Å². The first kappa shape index (κ1) is 17.3. The summed E-state index contributed by atoms with van der Waals surface area (Å²) in [6.45, 7) is 3.82. The van der Waals surface area contributed by atoms with E-state index in [0.717, 1.165) is 27.7 Å². The zero-order chi connectivity index (χ0) is 20.0. The van der Waals surface area contributed by atoms with Crippen molar-refractivity contribution in [1.29, 1.82) is 0 Å². The van der Waals surface area contributed by atoms with E-state index < -0.39 is 5.41 Å². The van der Waals surface area contributed by atoms with Gasteiger partial charge in [-0.15, -0.1) is 0 Å². The van der Waals surface area contributed by atoms with E-state index in [0.29, 0.717) is 11.0 Å². The first-order chi connectivity index (χ1) is 14.0. The number of hydrogen-bond acceptors (Lipinski definition) is 4. The predicted octanol–water partition coefficient (Wildman–Crippen LogP) is 4.66. The molecule has 0 radical (unpaired) electrons. The van der Waals surface area contributed by atoms with Crippen molar-refractivity contribution in [2.45, 2.75) is 19.3 Å². The molecule has 0 aliphatic rings. The van der Waals surface area contributed by atoms with Crippen molar-refractivity contribution in [1.82, 2.24) is 25.1 Å². The summed E-state index contributed by atoms with van der Waals surface area (Å²) in [7, 11) is 0. The van der Waals surface area contributed by atoms with E-state index in [-0.39, 0.29) is 11.6 Å². The molecule has 0 atom stereocenters. The van der Waals surface area contributed by atoms with Gasteiger partial charge < -0.3 is 5.10 Å². The number of fused-ring (bicyclic) bond motifs is 2. The van der Waals surface area contributed by atoms with Crippen LogP contribution in [0.15, 0.2) is 67.0 Å². The van der Waals surface area contributed by atoms with Crippen LogP contribution in [0.4, 0.5) is 0 Å². The molecule has 0 bridgehead atoms. The third-order valence-electron chi connectivity index (χ3n) is 5.39. The zero-order valence-electron chi connectivity index (χ0n) is 16.1. The number of nitrogens with zero attached hydrogens (tertiary/aromatic N) is 3. The molecule has 3 aromatic heterocycles. The summed E-state index contributed by atoms with van der Waals surface area (Å²) in [6.07, 6.45) is 3.51. The van der Waals surface area contributed by atoms with Crippen molar-refractivity contribution >= 4 is 27.7 Å². The third-order valence-corrected chi connectivity index (χ3v) is 5.39. The first-order valence-corrected chi connectivity index (χ1v) is 9.42. The van der Waals surface area contributed by atoms with Crippen LogP contribution in [-0.2, 0) is 5.41 Å². The van der Waals surface area contributed by atoms with Crippen molar-refractivity contribution in [3.8, 4) is 11.3 Å². The van der Waals surface area contributed by atoms with E-state index in [9.17, 15) is 4.79 Å². The number of rotatable bonds is 4. The summed E-state index contributed by atoms with van der Waals surface area (Å²) in [5.74, 6) is 0.153. The number of benzene rings is 2. The maximum Gasteiger partial charge on any atom is 0.209 e. The molecule has 29 heavy (non-hydrogen) atoms. The number of aromatic amines is 2. The van der Waals surface area contributed by atoms with E-state index in [2.05, 4.69) is 25.1 Å². The summed E-state index contributed by atoms with van der Waals surface area (Å²) in [6, 6.07) is 17.5. The average molecular weight is 381 g/mol. The maximum atomic E-state index is 13.2. The molecule has 0 saturated heterocycles. The summed E-state index contributed by atoms with van der Waals surface area (Å²) < 4.78 is 0. The topological polar surface area (TPSA) is 87.3 Å². The predicted molar refractivity (Wildman–Crippen MR) is 113 cm³/mol. The number of carbonyl (C=O) groups is 1. The third kappa shape index (κ3) is 2.81. The standard InChI is InChI=1S/C23H19N5O/c1-23(2,15-6-4-3-5-7-15)21(29)22-25-18-12-16-17(13-19(18)26-22)27-28-20(16)14-8-10-24-11-9-14/h3-13,27-28H,1-2H3. The average Bonchev–Trinajstić information content (AvgIpc) is 3.36. The second-order valence-electron chi connectivity index (χ2n) is 7.61. The highest BCUT2D eigenvalue weighted by Crippen LogP contribution is 2.31. The van der Waals surface area contributed by atoms with Gasteiger partial charge >= 0.3 is 0 Å². The SMILES string of the molecule is CC(C)(C(=O)c1nc2cc3[nH][nH]c(-c4ccncc4)c3cc2n1)c1ccccc1. The van der Waals surface area contributed by atoms with Gasteiger partial charge in [-0.25, -0.2) is 9.97 Å². The molecular weight excluding hydrogens is 362 g/mol. The van der Waals surface area contributed by atoms with Crippen molar-refractivity contribution < 1.29 is 4.79 Å². The van der Waals surface area contributed by atoms with Crippen molar-refractivity contribution in [2.24, 2.45) is 0 Å². The minimum atomic E-state index is -0.706. The van der Waals surface area contributed by atoms with E-state index >= 15 is 0 Å². The highest BCUT2D eigenvalue weighted by molar-refractivity contribution is 6.05. The number of H-pyrrole nitrogens is 2. The van der Waals surface area contributed by atoms with E-state index in [4.69, 9.17) is 0 Å². The van der Waals surface area contributed by atoms with Gasteiger partial charge in [-0.3, -0.25) is 14.9 Å². The Morgan fingerprint density at radius 1 is 0.897 bits per heavy atom. The Morgan fingerprint density at radius 2 is 1.59 bits per heavy atom. The second kappa shape index (κ2) is 6.38. The molecule has 2 aromatic carbocycles. The monoisotopic (exact) mass is 381 g/mol. The van der Waals surface area contributed by atoms with Crippen LogP contribution in [0.1, 0.15) is 30.0 Å². The van der Waals surface area contributed by atoms with Gasteiger partial charge in [-0.1, -0.05) is 30.3 Å². The van der Waals surface area contributed by atoms with Crippen molar-refractivity contribution in [3.05, 3.63) is 78.4 Å². The number of hydrogen-bond donors (Lipinski definition) is 2. The molecule has 0 spiro atoms. The molecule has 0 unspecified atom stereocenters. The Kier molecular flexibility index (Phi) is 3.81. The molecule has 0 aliphatic heterocycles. The molecule has 0 fully saturated rings. The quantitative estimate of drug-likeness (QED) is 0.443. The van der Waals surface area contributed by atoms with Gasteiger partial charge in [0.15, 0.2) is 5.82 Å². The van der Waals surface area contributed by atoms with E-state index in [1.807, 2.05) is 68.4 Å². The Labute approximate surface area is 167 Å². The number of carbonyl (C=O) groups excluding carboxylic acids is 1. The van der Waals surface area contributed by atoms with Crippen molar-refractivity contribution in [2.75, 3.05) is 0 Å². The van der Waals surface area contributed by atoms with E-state index in [1.54, 1.807) is 12.4 Å². The van der Waals surface area contributed by atoms with Gasteiger partial charge in [0.05, 0.1) is 27.7 Å². The Hall–Kier alpha value is -3.80. The zero-order valence-corrected chi connectivity index (χ0v) is 16.1. The van der Waals surface area contributed by atoms with Crippen LogP contribution in [0.25, 0.3) is 33.2 Å². The smallest absolute Gasteiger partial charge is 0.209 e. The summed E-state index contributed by atoms with van der Waals surface area (Å²) in [5, 5.41) is 7.37. The lowest BCUT2D eigenvalue weighted by Gasteiger charge is -2.21. The van der Waals surface area contributed by atoms with Gasteiger partial charge in [-0.2, -0.15) is 0 Å². The molecule has 2 N–H and O–H groups in total. The number of nitrogens with one attached hydrogen (secondary N) is 2. The van der Waals surface area contributed by atoms with Crippen LogP contribution < -0.4 is 0 Å². The summed E-state index contributed by atoms with van der Waals surface area (Å²) in [4.78, 5) is 26.4. The lowest BCUT2D eigenvalue weighted by atomic mass is 9.80. The van der Waals surface area contributed by atoms with Gasteiger partial charge in [0, 0.05) is 23.3 Å². The van der Waals surface area contributed by atoms with Crippen LogP contribution in [0, 0.1) is 0 Å². The van der Waals surface area contributed by atoms with Gasteiger partial charge in [-0.05, 0) is 43.7 Å².